The van der Waals surface area contributed by atoms with Crippen molar-refractivity contribution in [1.29, 1.82) is 0 Å². The van der Waals surface area contributed by atoms with Crippen molar-refractivity contribution in [3.05, 3.63) is 17.6 Å². The molecule has 4 heteroatoms. The minimum Gasteiger partial charge on any atom is -0.383 e. The Morgan fingerprint density at radius 2 is 2.00 bits per heavy atom. The Morgan fingerprint density at radius 1 is 1.36 bits per heavy atom. The van der Waals surface area contributed by atoms with Crippen LogP contribution in [0.4, 0.5) is 5.82 Å². The second-order valence-corrected chi connectivity index (χ2v) is 8.97. The van der Waals surface area contributed by atoms with Crippen LogP contribution in [0.1, 0.15) is 11.4 Å². The molecule has 0 fully saturated rings. The third-order valence-electron chi connectivity index (χ3n) is 1.51. The number of aryl methyl sites for hydroxylation is 1. The number of hydrogen-bond acceptors (Lipinski definition) is 3. The first-order valence-electron chi connectivity index (χ1n) is 4.51. The molecule has 0 saturated carbocycles. The monoisotopic (exact) mass is 205 g/mol. The summed E-state index contributed by atoms with van der Waals surface area (Å²) in [7, 11) is -1.35. The summed E-state index contributed by atoms with van der Waals surface area (Å²) in [6, 6.07) is 0. The quantitative estimate of drug-likeness (QED) is 0.517. The van der Waals surface area contributed by atoms with E-state index in [1.165, 1.54) is 0 Å². The predicted molar refractivity (Wildman–Crippen MR) is 61.4 cm³/mol. The Hall–Kier alpha value is -1.34. The second kappa shape index (κ2) is 3.80. The van der Waals surface area contributed by atoms with E-state index in [0.717, 1.165) is 5.56 Å². The van der Waals surface area contributed by atoms with Gasteiger partial charge in [0.1, 0.15) is 19.7 Å². The highest BCUT2D eigenvalue weighted by atomic mass is 28.3. The molecule has 74 valence electrons. The number of aromatic nitrogens is 2. The molecule has 0 bridgehead atoms. The first kappa shape index (κ1) is 10.7. The van der Waals surface area contributed by atoms with Crippen molar-refractivity contribution in [2.75, 3.05) is 5.73 Å². The Balaban J connectivity index is 3.02. The van der Waals surface area contributed by atoms with Gasteiger partial charge in [-0.2, -0.15) is 0 Å². The molecule has 0 spiro atoms. The lowest BCUT2D eigenvalue weighted by Crippen LogP contribution is -2.16. The number of hydrogen-bond donors (Lipinski definition) is 1. The van der Waals surface area contributed by atoms with Crippen molar-refractivity contribution in [2.45, 2.75) is 26.6 Å². The van der Waals surface area contributed by atoms with Crippen LogP contribution < -0.4 is 5.73 Å². The van der Waals surface area contributed by atoms with Gasteiger partial charge in [-0.25, -0.2) is 9.97 Å². The van der Waals surface area contributed by atoms with Crippen LogP contribution in [-0.4, -0.2) is 18.0 Å². The van der Waals surface area contributed by atoms with Crippen LogP contribution in [0.15, 0.2) is 6.20 Å². The summed E-state index contributed by atoms with van der Waals surface area (Å²) in [4.78, 5) is 8.12. The number of rotatable bonds is 0. The van der Waals surface area contributed by atoms with E-state index in [1.54, 1.807) is 6.20 Å². The van der Waals surface area contributed by atoms with Crippen molar-refractivity contribution in [3.8, 4) is 11.5 Å². The highest BCUT2D eigenvalue weighted by Gasteiger charge is 2.08. The van der Waals surface area contributed by atoms with E-state index in [1.807, 2.05) is 6.92 Å². The zero-order valence-corrected chi connectivity index (χ0v) is 10.0. The number of nitrogens with two attached hydrogens (primary N) is 1. The highest BCUT2D eigenvalue weighted by Crippen LogP contribution is 2.06. The van der Waals surface area contributed by atoms with E-state index < -0.39 is 8.07 Å². The Kier molecular flexibility index (Phi) is 2.92. The van der Waals surface area contributed by atoms with Crippen molar-refractivity contribution in [1.82, 2.24) is 9.97 Å². The van der Waals surface area contributed by atoms with Crippen LogP contribution in [0.3, 0.4) is 0 Å². The van der Waals surface area contributed by atoms with Gasteiger partial charge in [0.05, 0.1) is 5.56 Å². The standard InChI is InChI=1S/C10H15N3Si/c1-8-12-7-9(10(11)13-8)5-6-14(2,3)4/h7H,1-4H3,(H2,11,12,13). The fraction of sp³-hybridized carbons (Fsp3) is 0.400. The summed E-state index contributed by atoms with van der Waals surface area (Å²) in [5, 5.41) is 0. The number of anilines is 1. The SMILES string of the molecule is Cc1ncc(C#C[Si](C)(C)C)c(N)n1. The molecule has 0 atom stereocenters. The summed E-state index contributed by atoms with van der Waals surface area (Å²) in [5.41, 5.74) is 9.67. The molecule has 0 aliphatic heterocycles. The lowest BCUT2D eigenvalue weighted by Gasteiger charge is -2.03. The third-order valence-corrected chi connectivity index (χ3v) is 2.39. The van der Waals surface area contributed by atoms with Crippen molar-refractivity contribution in [2.24, 2.45) is 0 Å². The average Bonchev–Trinajstić information content (AvgIpc) is 2.00. The van der Waals surface area contributed by atoms with Gasteiger partial charge in [-0.05, 0) is 6.92 Å². The van der Waals surface area contributed by atoms with Gasteiger partial charge in [-0.15, -0.1) is 5.54 Å². The van der Waals surface area contributed by atoms with E-state index in [0.29, 0.717) is 11.6 Å². The van der Waals surface area contributed by atoms with Crippen LogP contribution in [0.25, 0.3) is 0 Å². The van der Waals surface area contributed by atoms with Gasteiger partial charge < -0.3 is 5.73 Å². The maximum absolute atomic E-state index is 5.71. The Bertz CT molecular complexity index is 396. The lowest BCUT2D eigenvalue weighted by atomic mass is 10.3. The van der Waals surface area contributed by atoms with Crippen molar-refractivity contribution >= 4 is 13.9 Å². The van der Waals surface area contributed by atoms with Gasteiger partial charge in [0, 0.05) is 6.20 Å². The van der Waals surface area contributed by atoms with E-state index in [2.05, 4.69) is 41.1 Å². The molecular formula is C10H15N3Si. The van der Waals surface area contributed by atoms with Gasteiger partial charge in [0.15, 0.2) is 0 Å². The molecule has 1 aromatic rings. The first-order valence-corrected chi connectivity index (χ1v) is 8.01. The van der Waals surface area contributed by atoms with Crippen molar-refractivity contribution < 1.29 is 0 Å². The zero-order valence-electron chi connectivity index (χ0n) is 9.05. The second-order valence-electron chi connectivity index (χ2n) is 4.22. The van der Waals surface area contributed by atoms with Crippen LogP contribution in [0, 0.1) is 18.4 Å². The highest BCUT2D eigenvalue weighted by molar-refractivity contribution is 6.83. The maximum Gasteiger partial charge on any atom is 0.142 e. The van der Waals surface area contributed by atoms with E-state index in [-0.39, 0.29) is 0 Å². The molecule has 0 amide bonds. The van der Waals surface area contributed by atoms with Crippen LogP contribution in [0.2, 0.25) is 19.6 Å². The molecule has 14 heavy (non-hydrogen) atoms. The normalized spacial score (nSPS) is 10.6. The van der Waals surface area contributed by atoms with Crippen LogP contribution in [-0.2, 0) is 0 Å². The predicted octanol–water partition coefficient (Wildman–Crippen LogP) is 1.60. The minimum atomic E-state index is -1.35. The first-order chi connectivity index (χ1) is 6.38. The molecule has 0 unspecified atom stereocenters. The van der Waals surface area contributed by atoms with Gasteiger partial charge in [-0.3, -0.25) is 0 Å². The molecular weight excluding hydrogens is 190 g/mol. The molecule has 2 N–H and O–H groups in total. The number of nitrogen functional groups attached to an aromatic ring is 1. The fourth-order valence-corrected chi connectivity index (χ4v) is 1.35. The topological polar surface area (TPSA) is 51.8 Å². The summed E-state index contributed by atoms with van der Waals surface area (Å²) in [6.45, 7) is 8.37. The van der Waals surface area contributed by atoms with E-state index in [4.69, 9.17) is 5.73 Å². The average molecular weight is 205 g/mol. The third kappa shape index (κ3) is 3.19. The molecule has 0 aromatic carbocycles. The van der Waals surface area contributed by atoms with Gasteiger partial charge in [0.2, 0.25) is 0 Å². The Morgan fingerprint density at radius 3 is 2.50 bits per heavy atom. The summed E-state index contributed by atoms with van der Waals surface area (Å²) < 4.78 is 0. The fourth-order valence-electron chi connectivity index (χ4n) is 0.839. The molecule has 3 nitrogen and oxygen atoms in total. The van der Waals surface area contributed by atoms with Crippen molar-refractivity contribution in [3.63, 3.8) is 0 Å². The zero-order chi connectivity index (χ0) is 10.8. The molecule has 1 aromatic heterocycles. The van der Waals surface area contributed by atoms with Crippen LogP contribution in [0.5, 0.6) is 0 Å². The summed E-state index contributed by atoms with van der Waals surface area (Å²) >= 11 is 0. The Labute approximate surface area is 85.8 Å². The number of nitrogens with zero attached hydrogens (tertiary/aromatic N) is 2. The maximum atomic E-state index is 5.71. The molecule has 1 rings (SSSR count). The van der Waals surface area contributed by atoms with E-state index >= 15 is 0 Å². The largest absolute Gasteiger partial charge is 0.383 e. The summed E-state index contributed by atoms with van der Waals surface area (Å²) in [6.07, 6.45) is 1.69. The molecule has 0 aliphatic rings. The van der Waals surface area contributed by atoms with E-state index in [9.17, 15) is 0 Å². The van der Waals surface area contributed by atoms with Gasteiger partial charge >= 0.3 is 0 Å². The van der Waals surface area contributed by atoms with Gasteiger partial charge in [0.25, 0.3) is 0 Å². The van der Waals surface area contributed by atoms with Crippen LogP contribution >= 0.6 is 0 Å². The molecule has 0 saturated heterocycles. The lowest BCUT2D eigenvalue weighted by molar-refractivity contribution is 1.05. The smallest absolute Gasteiger partial charge is 0.142 e. The summed E-state index contributed by atoms with van der Waals surface area (Å²) in [5.74, 6) is 4.20. The molecule has 1 heterocycles. The minimum absolute atomic E-state index is 0.475. The molecule has 0 aliphatic carbocycles. The molecule has 0 radical (unpaired) electrons. The van der Waals surface area contributed by atoms with Gasteiger partial charge in [-0.1, -0.05) is 25.6 Å².